The van der Waals surface area contributed by atoms with E-state index in [-0.39, 0.29) is 43.1 Å². The molecule has 0 bridgehead atoms. The van der Waals surface area contributed by atoms with Gasteiger partial charge in [-0.2, -0.15) is 0 Å². The summed E-state index contributed by atoms with van der Waals surface area (Å²) < 4.78 is 17.2. The maximum absolute atomic E-state index is 11.9. The van der Waals surface area contributed by atoms with Gasteiger partial charge < -0.3 is 19.5 Å². The first kappa shape index (κ1) is 18.0. The van der Waals surface area contributed by atoms with E-state index in [1.807, 2.05) is 28.6 Å². The molecule has 1 N–H and O–H groups in total. The van der Waals surface area contributed by atoms with E-state index >= 15 is 0 Å². The SMILES string of the molecule is B[C@@H]1O[C@H](CC)C(OC(=O)CCC(=O)NC)[C@@H]1OC(C)C. The molecular weight excluding hydrogens is 273 g/mol. The Bertz CT molecular complexity index is 363. The van der Waals surface area contributed by atoms with Crippen LogP contribution in [0.2, 0.25) is 0 Å². The molecule has 0 aromatic rings. The minimum absolute atomic E-state index is 0.0312. The number of nitrogens with one attached hydrogen (secondary N) is 1. The zero-order valence-corrected chi connectivity index (χ0v) is 13.5. The Balaban J connectivity index is 2.62. The monoisotopic (exact) mass is 299 g/mol. The fraction of sp³-hybridized carbons (Fsp3) is 0.857. The number of carbonyl (C=O) groups is 2. The second kappa shape index (κ2) is 8.39. The molecule has 1 fully saturated rings. The Kier molecular flexibility index (Phi) is 7.18. The highest BCUT2D eigenvalue weighted by atomic mass is 16.6. The number of amides is 1. The molecule has 1 rings (SSSR count). The number of esters is 1. The minimum atomic E-state index is -0.412. The van der Waals surface area contributed by atoms with Crippen LogP contribution in [0.4, 0.5) is 0 Å². The van der Waals surface area contributed by atoms with Crippen LogP contribution in [-0.2, 0) is 23.8 Å². The van der Waals surface area contributed by atoms with Gasteiger partial charge in [-0.05, 0) is 20.3 Å². The average Bonchev–Trinajstić information content (AvgIpc) is 2.72. The van der Waals surface area contributed by atoms with Crippen LogP contribution in [0.3, 0.4) is 0 Å². The van der Waals surface area contributed by atoms with Gasteiger partial charge in [0.2, 0.25) is 5.91 Å². The minimum Gasteiger partial charge on any atom is -0.457 e. The van der Waals surface area contributed by atoms with Crippen LogP contribution in [-0.4, -0.2) is 57.2 Å². The van der Waals surface area contributed by atoms with Gasteiger partial charge in [-0.3, -0.25) is 9.59 Å². The van der Waals surface area contributed by atoms with Crippen LogP contribution in [0.15, 0.2) is 0 Å². The van der Waals surface area contributed by atoms with Crippen molar-refractivity contribution in [2.24, 2.45) is 0 Å². The molecule has 0 aromatic heterocycles. The first-order chi connectivity index (χ1) is 9.88. The maximum Gasteiger partial charge on any atom is 0.306 e. The Labute approximate surface area is 127 Å². The Morgan fingerprint density at radius 3 is 2.48 bits per heavy atom. The van der Waals surface area contributed by atoms with E-state index in [0.717, 1.165) is 6.42 Å². The van der Waals surface area contributed by atoms with E-state index in [1.165, 1.54) is 0 Å². The van der Waals surface area contributed by atoms with Crippen LogP contribution in [0.5, 0.6) is 0 Å². The van der Waals surface area contributed by atoms with Crippen molar-refractivity contribution in [1.29, 1.82) is 0 Å². The van der Waals surface area contributed by atoms with E-state index < -0.39 is 12.1 Å². The highest BCUT2D eigenvalue weighted by molar-refractivity contribution is 6.11. The van der Waals surface area contributed by atoms with Crippen molar-refractivity contribution in [3.05, 3.63) is 0 Å². The summed E-state index contributed by atoms with van der Waals surface area (Å²) in [6.07, 6.45) is 0.135. The third kappa shape index (κ3) is 5.32. The summed E-state index contributed by atoms with van der Waals surface area (Å²) in [6, 6.07) is -0.117. The van der Waals surface area contributed by atoms with Crippen molar-refractivity contribution in [3.8, 4) is 0 Å². The lowest BCUT2D eigenvalue weighted by atomic mass is 9.92. The zero-order chi connectivity index (χ0) is 16.0. The number of carbonyl (C=O) groups excluding carboxylic acids is 2. The van der Waals surface area contributed by atoms with Gasteiger partial charge in [-0.25, -0.2) is 0 Å². The highest BCUT2D eigenvalue weighted by Crippen LogP contribution is 2.28. The molecular formula is C14H26BNO5. The van der Waals surface area contributed by atoms with Crippen molar-refractivity contribution in [2.75, 3.05) is 7.05 Å². The number of rotatable bonds is 7. The summed E-state index contributed by atoms with van der Waals surface area (Å²) in [5.74, 6) is -0.567. The molecule has 1 amide bonds. The molecule has 7 heteroatoms. The predicted octanol–water partition coefficient (Wildman–Crippen LogP) is -0.0140. The predicted molar refractivity (Wildman–Crippen MR) is 80.7 cm³/mol. The molecule has 0 saturated carbocycles. The summed E-state index contributed by atoms with van der Waals surface area (Å²) in [4.78, 5) is 23.1. The smallest absolute Gasteiger partial charge is 0.306 e. The van der Waals surface area contributed by atoms with E-state index in [1.54, 1.807) is 7.05 Å². The van der Waals surface area contributed by atoms with Crippen LogP contribution < -0.4 is 5.32 Å². The molecule has 120 valence electrons. The second-order valence-corrected chi connectivity index (χ2v) is 5.57. The van der Waals surface area contributed by atoms with Gasteiger partial charge in [0, 0.05) is 13.5 Å². The summed E-state index contributed by atoms with van der Waals surface area (Å²) in [5.41, 5.74) is 0. The lowest BCUT2D eigenvalue weighted by Gasteiger charge is -2.25. The molecule has 1 aliphatic heterocycles. The summed E-state index contributed by atoms with van der Waals surface area (Å²) >= 11 is 0. The average molecular weight is 299 g/mol. The Morgan fingerprint density at radius 2 is 1.95 bits per heavy atom. The topological polar surface area (TPSA) is 73.9 Å². The Hall–Kier alpha value is -1.08. The highest BCUT2D eigenvalue weighted by Gasteiger charge is 2.45. The van der Waals surface area contributed by atoms with Gasteiger partial charge in [-0.1, -0.05) is 6.92 Å². The lowest BCUT2D eigenvalue weighted by molar-refractivity contribution is -0.159. The molecule has 1 aliphatic rings. The van der Waals surface area contributed by atoms with Crippen molar-refractivity contribution in [1.82, 2.24) is 5.32 Å². The van der Waals surface area contributed by atoms with Gasteiger partial charge in [-0.15, -0.1) is 0 Å². The lowest BCUT2D eigenvalue weighted by Crippen LogP contribution is -2.40. The van der Waals surface area contributed by atoms with Gasteiger partial charge in [0.05, 0.1) is 24.6 Å². The van der Waals surface area contributed by atoms with Crippen LogP contribution in [0.1, 0.15) is 40.0 Å². The van der Waals surface area contributed by atoms with Crippen LogP contribution in [0, 0.1) is 0 Å². The normalized spacial score (nSPS) is 28.6. The number of hydrogen-bond donors (Lipinski definition) is 1. The zero-order valence-electron chi connectivity index (χ0n) is 13.5. The summed E-state index contributed by atoms with van der Waals surface area (Å²) in [6.45, 7) is 5.87. The molecule has 0 radical (unpaired) electrons. The van der Waals surface area contributed by atoms with Crippen molar-refractivity contribution < 1.29 is 23.8 Å². The van der Waals surface area contributed by atoms with Crippen LogP contribution >= 0.6 is 0 Å². The summed E-state index contributed by atoms with van der Waals surface area (Å²) in [7, 11) is 3.47. The van der Waals surface area contributed by atoms with E-state index in [2.05, 4.69) is 5.32 Å². The first-order valence-corrected chi connectivity index (χ1v) is 7.60. The number of ether oxygens (including phenoxy) is 3. The molecule has 1 unspecified atom stereocenters. The molecule has 0 aromatic carbocycles. The number of hydrogen-bond acceptors (Lipinski definition) is 5. The molecule has 21 heavy (non-hydrogen) atoms. The first-order valence-electron chi connectivity index (χ1n) is 7.60. The van der Waals surface area contributed by atoms with Crippen molar-refractivity contribution in [3.63, 3.8) is 0 Å². The molecule has 4 atom stereocenters. The molecule has 6 nitrogen and oxygen atoms in total. The van der Waals surface area contributed by atoms with Gasteiger partial charge >= 0.3 is 5.97 Å². The van der Waals surface area contributed by atoms with Gasteiger partial charge in [0.1, 0.15) is 14.0 Å². The van der Waals surface area contributed by atoms with E-state index in [9.17, 15) is 9.59 Å². The molecule has 0 spiro atoms. The fourth-order valence-corrected chi connectivity index (χ4v) is 2.43. The molecule has 1 heterocycles. The molecule has 1 saturated heterocycles. The van der Waals surface area contributed by atoms with Gasteiger partial charge in [0.15, 0.2) is 6.10 Å². The van der Waals surface area contributed by atoms with E-state index in [0.29, 0.717) is 0 Å². The fourth-order valence-electron chi connectivity index (χ4n) is 2.43. The second-order valence-electron chi connectivity index (χ2n) is 5.57. The maximum atomic E-state index is 11.9. The molecule has 0 aliphatic carbocycles. The third-order valence-electron chi connectivity index (χ3n) is 3.48. The largest absolute Gasteiger partial charge is 0.457 e. The standard InChI is InChI=1S/C14H26BNO5/c1-5-9-12(13(14(15)20-9)19-8(2)3)21-11(18)7-6-10(17)16-4/h8-9,12-14H,5-7,15H2,1-4H3,(H,16,17)/t9-,12?,13+,14-/m1/s1. The summed E-state index contributed by atoms with van der Waals surface area (Å²) in [5, 5.41) is 2.48. The third-order valence-corrected chi connectivity index (χ3v) is 3.48. The quantitative estimate of drug-likeness (QED) is 0.528. The van der Waals surface area contributed by atoms with Crippen LogP contribution in [0.25, 0.3) is 0 Å². The Morgan fingerprint density at radius 1 is 1.29 bits per heavy atom. The van der Waals surface area contributed by atoms with Crippen molar-refractivity contribution in [2.45, 2.75) is 70.5 Å². The van der Waals surface area contributed by atoms with Gasteiger partial charge in [0.25, 0.3) is 0 Å². The van der Waals surface area contributed by atoms with Crippen molar-refractivity contribution >= 4 is 19.7 Å². The van der Waals surface area contributed by atoms with E-state index in [4.69, 9.17) is 14.2 Å².